The van der Waals surface area contributed by atoms with Gasteiger partial charge in [-0.1, -0.05) is 30.3 Å². The van der Waals surface area contributed by atoms with Crippen LogP contribution in [0, 0.1) is 0 Å². The number of aromatic nitrogens is 2. The number of amides is 1. The maximum atomic E-state index is 12.9. The molecule has 0 bridgehead atoms. The van der Waals surface area contributed by atoms with E-state index in [2.05, 4.69) is 5.10 Å². The Morgan fingerprint density at radius 1 is 1.06 bits per heavy atom. The third-order valence-electron chi connectivity index (χ3n) is 6.27. The molecule has 0 N–H and O–H groups in total. The van der Waals surface area contributed by atoms with Gasteiger partial charge in [-0.3, -0.25) is 4.79 Å². The average Bonchev–Trinajstić information content (AvgIpc) is 3.46. The van der Waals surface area contributed by atoms with E-state index in [1.54, 1.807) is 7.11 Å². The van der Waals surface area contributed by atoms with Crippen molar-refractivity contribution in [2.75, 3.05) is 13.7 Å². The van der Waals surface area contributed by atoms with Crippen LogP contribution in [0.2, 0.25) is 0 Å². The van der Waals surface area contributed by atoms with Crippen molar-refractivity contribution in [2.24, 2.45) is 0 Å². The van der Waals surface area contributed by atoms with Crippen molar-refractivity contribution in [1.29, 1.82) is 0 Å². The minimum absolute atomic E-state index is 0.180. The summed E-state index contributed by atoms with van der Waals surface area (Å²) in [4.78, 5) is 27.7. The molecule has 1 heterocycles. The Labute approximate surface area is 192 Å². The summed E-state index contributed by atoms with van der Waals surface area (Å²) in [5, 5.41) is 4.56. The van der Waals surface area contributed by atoms with Gasteiger partial charge in [-0.05, 0) is 61.9 Å². The van der Waals surface area contributed by atoms with E-state index in [9.17, 15) is 9.59 Å². The molecular weight excluding hydrogens is 418 g/mol. The lowest BCUT2D eigenvalue weighted by Crippen LogP contribution is -2.36. The zero-order valence-electron chi connectivity index (χ0n) is 18.7. The second-order valence-corrected chi connectivity index (χ2v) is 8.55. The lowest BCUT2D eigenvalue weighted by molar-refractivity contribution is -0.135. The van der Waals surface area contributed by atoms with Gasteiger partial charge >= 0.3 is 5.97 Å². The minimum atomic E-state index is -0.531. The Kier molecular flexibility index (Phi) is 5.86. The highest BCUT2D eigenvalue weighted by Gasteiger charge is 2.34. The van der Waals surface area contributed by atoms with Crippen molar-refractivity contribution < 1.29 is 19.1 Å². The van der Waals surface area contributed by atoms with E-state index in [0.29, 0.717) is 12.2 Å². The Morgan fingerprint density at radius 2 is 1.82 bits per heavy atom. The summed E-state index contributed by atoms with van der Waals surface area (Å²) in [7, 11) is 1.63. The number of ether oxygens (including phenoxy) is 2. The fourth-order valence-electron chi connectivity index (χ4n) is 4.40. The molecular formula is C26H27N3O4. The number of hydrogen-bond acceptors (Lipinski definition) is 5. The Bertz CT molecular complexity index is 1150. The Morgan fingerprint density at radius 3 is 2.52 bits per heavy atom. The largest absolute Gasteiger partial charge is 0.497 e. The van der Waals surface area contributed by atoms with Crippen molar-refractivity contribution in [1.82, 2.24) is 14.7 Å². The molecule has 2 aliphatic rings. The van der Waals surface area contributed by atoms with Gasteiger partial charge in [0, 0.05) is 23.8 Å². The van der Waals surface area contributed by atoms with Gasteiger partial charge in [0.2, 0.25) is 0 Å². The van der Waals surface area contributed by atoms with Crippen LogP contribution >= 0.6 is 0 Å². The van der Waals surface area contributed by atoms with Gasteiger partial charge in [-0.2, -0.15) is 5.10 Å². The molecule has 1 saturated carbocycles. The third kappa shape index (κ3) is 4.49. The predicted octanol–water partition coefficient (Wildman–Crippen LogP) is 3.72. The van der Waals surface area contributed by atoms with Gasteiger partial charge in [0.1, 0.15) is 5.75 Å². The molecule has 0 radical (unpaired) electrons. The number of esters is 1. The molecule has 5 rings (SSSR count). The normalized spacial score (nSPS) is 14.6. The molecule has 33 heavy (non-hydrogen) atoms. The monoisotopic (exact) mass is 445 g/mol. The number of hydrogen-bond donors (Lipinski definition) is 0. The number of methoxy groups -OCH3 is 1. The first-order valence-corrected chi connectivity index (χ1v) is 11.4. The molecule has 0 spiro atoms. The molecule has 0 atom stereocenters. The van der Waals surface area contributed by atoms with Gasteiger partial charge in [0.25, 0.3) is 5.91 Å². The van der Waals surface area contributed by atoms with Gasteiger partial charge in [-0.15, -0.1) is 0 Å². The molecule has 2 aromatic carbocycles. The smallest absolute Gasteiger partial charge is 0.359 e. The zero-order chi connectivity index (χ0) is 22.8. The van der Waals surface area contributed by atoms with Gasteiger partial charge in [0.15, 0.2) is 12.3 Å². The van der Waals surface area contributed by atoms with Crippen molar-refractivity contribution in [3.8, 4) is 11.4 Å². The molecule has 1 amide bonds. The highest BCUT2D eigenvalue weighted by molar-refractivity contribution is 5.91. The molecule has 0 unspecified atom stereocenters. The molecule has 1 fully saturated rings. The third-order valence-corrected chi connectivity index (χ3v) is 6.27. The highest BCUT2D eigenvalue weighted by Crippen LogP contribution is 2.30. The maximum Gasteiger partial charge on any atom is 0.359 e. The summed E-state index contributed by atoms with van der Waals surface area (Å²) >= 11 is 0. The lowest BCUT2D eigenvalue weighted by Gasteiger charge is -2.22. The summed E-state index contributed by atoms with van der Waals surface area (Å²) in [5.74, 6) is 0.0663. The van der Waals surface area contributed by atoms with Crippen LogP contribution in [0.15, 0.2) is 54.6 Å². The van der Waals surface area contributed by atoms with E-state index in [4.69, 9.17) is 9.47 Å². The standard InChI is InChI=1S/C26H27N3O4/c1-32-21-14-10-18(11-15-21)16-28(19-12-13-19)24(30)17-33-26(31)25-22-8-5-9-23(22)29(27-25)20-6-3-2-4-7-20/h2-4,6-7,10-11,14-15,19H,5,8-9,12-13,16-17H2,1H3. The quantitative estimate of drug-likeness (QED) is 0.494. The fraction of sp³-hybridized carbons (Fsp3) is 0.346. The number of carbonyl (C=O) groups is 2. The molecule has 170 valence electrons. The van der Waals surface area contributed by atoms with E-state index in [0.717, 1.165) is 60.4 Å². The summed E-state index contributed by atoms with van der Waals surface area (Å²) in [6.07, 6.45) is 4.61. The number of fused-ring (bicyclic) bond motifs is 1. The molecule has 1 aromatic heterocycles. The topological polar surface area (TPSA) is 73.7 Å². The SMILES string of the molecule is COc1ccc(CN(C(=O)COC(=O)c2nn(-c3ccccc3)c3c2CCC3)C2CC2)cc1. The molecule has 3 aromatic rings. The Balaban J connectivity index is 1.27. The van der Waals surface area contributed by atoms with E-state index in [1.165, 1.54) is 0 Å². The second kappa shape index (κ2) is 9.10. The molecule has 7 nitrogen and oxygen atoms in total. The van der Waals surface area contributed by atoms with E-state index in [-0.39, 0.29) is 18.6 Å². The Hall–Kier alpha value is -3.61. The van der Waals surface area contributed by atoms with Crippen LogP contribution in [0.1, 0.15) is 46.6 Å². The summed E-state index contributed by atoms with van der Waals surface area (Å²) in [6.45, 7) is 0.210. The maximum absolute atomic E-state index is 12.9. The zero-order valence-corrected chi connectivity index (χ0v) is 18.7. The van der Waals surface area contributed by atoms with Crippen molar-refractivity contribution >= 4 is 11.9 Å². The van der Waals surface area contributed by atoms with Gasteiger partial charge in [-0.25, -0.2) is 9.48 Å². The van der Waals surface area contributed by atoms with Crippen LogP contribution in [0.5, 0.6) is 5.75 Å². The molecule has 0 aliphatic heterocycles. The van der Waals surface area contributed by atoms with Crippen LogP contribution in [0.3, 0.4) is 0 Å². The molecule has 0 saturated heterocycles. The number of carbonyl (C=O) groups excluding carboxylic acids is 2. The number of benzene rings is 2. The first-order valence-electron chi connectivity index (χ1n) is 11.4. The van der Waals surface area contributed by atoms with Crippen LogP contribution in [-0.4, -0.2) is 46.3 Å². The van der Waals surface area contributed by atoms with Crippen molar-refractivity contribution in [2.45, 2.75) is 44.7 Å². The van der Waals surface area contributed by atoms with Crippen molar-refractivity contribution in [3.63, 3.8) is 0 Å². The summed E-state index contributed by atoms with van der Waals surface area (Å²) in [6, 6.07) is 17.7. The van der Waals surface area contributed by atoms with Crippen LogP contribution in [0.4, 0.5) is 0 Å². The van der Waals surface area contributed by atoms with E-state index >= 15 is 0 Å². The lowest BCUT2D eigenvalue weighted by atomic mass is 10.2. The summed E-state index contributed by atoms with van der Waals surface area (Å²) in [5.41, 5.74) is 4.26. The highest BCUT2D eigenvalue weighted by atomic mass is 16.5. The van der Waals surface area contributed by atoms with Gasteiger partial charge < -0.3 is 14.4 Å². The molecule has 7 heteroatoms. The molecule has 2 aliphatic carbocycles. The van der Waals surface area contributed by atoms with E-state index in [1.807, 2.05) is 64.2 Å². The number of para-hydroxylation sites is 1. The fourth-order valence-corrected chi connectivity index (χ4v) is 4.40. The van der Waals surface area contributed by atoms with Crippen LogP contribution in [-0.2, 0) is 28.9 Å². The van der Waals surface area contributed by atoms with E-state index < -0.39 is 5.97 Å². The first kappa shape index (κ1) is 21.2. The average molecular weight is 446 g/mol. The second-order valence-electron chi connectivity index (χ2n) is 8.55. The number of nitrogens with zero attached hydrogens (tertiary/aromatic N) is 3. The van der Waals surface area contributed by atoms with Crippen molar-refractivity contribution in [3.05, 3.63) is 77.1 Å². The summed E-state index contributed by atoms with van der Waals surface area (Å²) < 4.78 is 12.5. The predicted molar refractivity (Wildman–Crippen MR) is 122 cm³/mol. The number of rotatable bonds is 8. The van der Waals surface area contributed by atoms with Crippen LogP contribution < -0.4 is 4.74 Å². The van der Waals surface area contributed by atoms with Gasteiger partial charge in [0.05, 0.1) is 12.8 Å². The first-order chi connectivity index (χ1) is 16.1. The minimum Gasteiger partial charge on any atom is -0.497 e. The van der Waals surface area contributed by atoms with Crippen LogP contribution in [0.25, 0.3) is 5.69 Å².